The molecule has 0 unspecified atom stereocenters. The largest absolute Gasteiger partial charge is 0.303 e. The fourth-order valence-corrected chi connectivity index (χ4v) is 1.66. The van der Waals surface area contributed by atoms with Gasteiger partial charge in [0.15, 0.2) is 0 Å². The van der Waals surface area contributed by atoms with Gasteiger partial charge in [0.2, 0.25) is 0 Å². The molecule has 0 aliphatic heterocycles. The predicted octanol–water partition coefficient (Wildman–Crippen LogP) is 4.83. The molecule has 0 aliphatic carbocycles. The molecule has 1 heteroatoms. The van der Waals surface area contributed by atoms with Crippen LogP contribution in [0.1, 0.15) is 64.7 Å². The van der Waals surface area contributed by atoms with Gasteiger partial charge in [-0.25, -0.2) is 0 Å². The zero-order valence-electron chi connectivity index (χ0n) is 10.7. The lowest BCUT2D eigenvalue weighted by Crippen LogP contribution is -1.81. The van der Waals surface area contributed by atoms with Gasteiger partial charge < -0.3 is 4.79 Å². The Morgan fingerprint density at radius 2 is 1.31 bits per heavy atom. The third kappa shape index (κ3) is 13.2. The van der Waals surface area contributed by atoms with E-state index < -0.39 is 0 Å². The van der Waals surface area contributed by atoms with Crippen LogP contribution in [0.5, 0.6) is 0 Å². The fraction of sp³-hybridized carbons (Fsp3) is 0.667. The maximum Gasteiger partial charge on any atom is 0.119 e. The van der Waals surface area contributed by atoms with E-state index in [1.54, 1.807) is 0 Å². The number of unbranched alkanes of at least 4 members (excludes halogenated alkanes) is 8. The standard InChI is InChI=1S/C15H26O/c1-2-3-4-5-6-7-8-9-10-11-12-13-14-15-16/h2-5,15H,6-14H2,1H3. The van der Waals surface area contributed by atoms with E-state index in [1.807, 2.05) is 6.92 Å². The molecule has 16 heavy (non-hydrogen) atoms. The summed E-state index contributed by atoms with van der Waals surface area (Å²) in [6, 6.07) is 0. The molecule has 0 heterocycles. The second kappa shape index (κ2) is 14.2. The highest BCUT2D eigenvalue weighted by Crippen LogP contribution is 2.09. The molecule has 0 fully saturated rings. The Hall–Kier alpha value is -0.850. The number of carbonyl (C=O) groups is 1. The number of allylic oxidation sites excluding steroid dienone is 4. The van der Waals surface area contributed by atoms with Gasteiger partial charge in [-0.05, 0) is 26.2 Å². The van der Waals surface area contributed by atoms with Crippen LogP contribution in [0.25, 0.3) is 0 Å². The van der Waals surface area contributed by atoms with E-state index in [2.05, 4.69) is 24.3 Å². The molecule has 0 saturated carbocycles. The van der Waals surface area contributed by atoms with Gasteiger partial charge in [-0.2, -0.15) is 0 Å². The maximum absolute atomic E-state index is 10.1. The smallest absolute Gasteiger partial charge is 0.119 e. The van der Waals surface area contributed by atoms with Crippen LogP contribution < -0.4 is 0 Å². The van der Waals surface area contributed by atoms with Crippen molar-refractivity contribution < 1.29 is 4.79 Å². The summed E-state index contributed by atoms with van der Waals surface area (Å²) in [5.41, 5.74) is 0. The molecule has 0 radical (unpaired) electrons. The summed E-state index contributed by atoms with van der Waals surface area (Å²) in [4.78, 5) is 10.1. The first-order valence-corrected chi connectivity index (χ1v) is 6.63. The van der Waals surface area contributed by atoms with Crippen molar-refractivity contribution in [2.75, 3.05) is 0 Å². The number of aldehydes is 1. The first-order chi connectivity index (χ1) is 7.91. The number of hydrogen-bond acceptors (Lipinski definition) is 1. The summed E-state index contributed by atoms with van der Waals surface area (Å²) < 4.78 is 0. The Kier molecular flexibility index (Phi) is 13.4. The molecule has 0 N–H and O–H groups in total. The average Bonchev–Trinajstić information content (AvgIpc) is 2.31. The van der Waals surface area contributed by atoms with Gasteiger partial charge in [0.05, 0.1) is 0 Å². The molecule has 0 spiro atoms. The predicted molar refractivity (Wildman–Crippen MR) is 71.6 cm³/mol. The van der Waals surface area contributed by atoms with Crippen LogP contribution in [0.2, 0.25) is 0 Å². The third-order valence-electron chi connectivity index (χ3n) is 2.63. The number of carbonyl (C=O) groups excluding carboxylic acids is 1. The van der Waals surface area contributed by atoms with Crippen molar-refractivity contribution in [1.82, 2.24) is 0 Å². The molecule has 0 amide bonds. The van der Waals surface area contributed by atoms with Crippen molar-refractivity contribution >= 4 is 6.29 Å². The highest BCUT2D eigenvalue weighted by molar-refractivity contribution is 5.48. The molecule has 0 bridgehead atoms. The van der Waals surface area contributed by atoms with Gasteiger partial charge in [-0.15, -0.1) is 0 Å². The average molecular weight is 222 g/mol. The molecule has 92 valence electrons. The van der Waals surface area contributed by atoms with Crippen molar-refractivity contribution in [3.8, 4) is 0 Å². The second-order valence-corrected chi connectivity index (χ2v) is 4.17. The molecule has 0 rings (SSSR count). The van der Waals surface area contributed by atoms with E-state index in [0.717, 1.165) is 19.1 Å². The van der Waals surface area contributed by atoms with E-state index in [9.17, 15) is 4.79 Å². The minimum atomic E-state index is 0.746. The summed E-state index contributed by atoms with van der Waals surface area (Å²) in [5, 5.41) is 0. The molecule has 0 aromatic heterocycles. The van der Waals surface area contributed by atoms with Gasteiger partial charge in [-0.1, -0.05) is 56.4 Å². The van der Waals surface area contributed by atoms with Crippen LogP contribution in [0.15, 0.2) is 24.3 Å². The first kappa shape index (κ1) is 15.2. The van der Waals surface area contributed by atoms with E-state index in [1.165, 1.54) is 44.9 Å². The quantitative estimate of drug-likeness (QED) is 0.278. The van der Waals surface area contributed by atoms with Gasteiger partial charge in [0, 0.05) is 6.42 Å². The van der Waals surface area contributed by atoms with Crippen molar-refractivity contribution in [3.63, 3.8) is 0 Å². The minimum Gasteiger partial charge on any atom is -0.303 e. The van der Waals surface area contributed by atoms with Gasteiger partial charge >= 0.3 is 0 Å². The maximum atomic E-state index is 10.1. The van der Waals surface area contributed by atoms with Crippen molar-refractivity contribution in [3.05, 3.63) is 24.3 Å². The van der Waals surface area contributed by atoms with Gasteiger partial charge in [-0.3, -0.25) is 0 Å². The van der Waals surface area contributed by atoms with Crippen molar-refractivity contribution in [2.24, 2.45) is 0 Å². The van der Waals surface area contributed by atoms with Crippen LogP contribution in [-0.4, -0.2) is 6.29 Å². The molecular formula is C15H26O. The topological polar surface area (TPSA) is 17.1 Å². The van der Waals surface area contributed by atoms with Crippen LogP contribution in [0.4, 0.5) is 0 Å². The Morgan fingerprint density at radius 3 is 1.88 bits per heavy atom. The summed E-state index contributed by atoms with van der Waals surface area (Å²) in [7, 11) is 0. The highest BCUT2D eigenvalue weighted by atomic mass is 16.1. The van der Waals surface area contributed by atoms with Crippen LogP contribution in [0.3, 0.4) is 0 Å². The number of rotatable bonds is 11. The third-order valence-corrected chi connectivity index (χ3v) is 2.63. The van der Waals surface area contributed by atoms with Gasteiger partial charge in [0.25, 0.3) is 0 Å². The zero-order chi connectivity index (χ0) is 11.9. The van der Waals surface area contributed by atoms with E-state index in [0.29, 0.717) is 0 Å². The Morgan fingerprint density at radius 1 is 0.750 bits per heavy atom. The molecule has 0 saturated heterocycles. The molecule has 0 aromatic carbocycles. The SMILES string of the molecule is CC=CC=CCCCCCCCCCC=O. The Labute approximate surface area is 101 Å². The van der Waals surface area contributed by atoms with Gasteiger partial charge in [0.1, 0.15) is 6.29 Å². The summed E-state index contributed by atoms with van der Waals surface area (Å²) in [6.45, 7) is 2.04. The Balaban J connectivity index is 3.01. The lowest BCUT2D eigenvalue weighted by atomic mass is 10.1. The molecule has 1 nitrogen and oxygen atoms in total. The summed E-state index contributed by atoms with van der Waals surface area (Å²) in [6.07, 6.45) is 20.4. The lowest BCUT2D eigenvalue weighted by molar-refractivity contribution is -0.107. The summed E-state index contributed by atoms with van der Waals surface area (Å²) in [5.74, 6) is 0. The first-order valence-electron chi connectivity index (χ1n) is 6.63. The fourth-order valence-electron chi connectivity index (χ4n) is 1.66. The highest BCUT2D eigenvalue weighted by Gasteiger charge is 1.90. The van der Waals surface area contributed by atoms with E-state index >= 15 is 0 Å². The van der Waals surface area contributed by atoms with Crippen LogP contribution >= 0.6 is 0 Å². The molecular weight excluding hydrogens is 196 g/mol. The van der Waals surface area contributed by atoms with Crippen molar-refractivity contribution in [1.29, 1.82) is 0 Å². The minimum absolute atomic E-state index is 0.746. The molecule has 0 atom stereocenters. The second-order valence-electron chi connectivity index (χ2n) is 4.17. The van der Waals surface area contributed by atoms with Crippen LogP contribution in [0, 0.1) is 0 Å². The lowest BCUT2D eigenvalue weighted by Gasteiger charge is -1.99. The molecule has 0 aliphatic rings. The zero-order valence-corrected chi connectivity index (χ0v) is 10.7. The van der Waals surface area contributed by atoms with E-state index in [-0.39, 0.29) is 0 Å². The number of hydrogen-bond donors (Lipinski definition) is 0. The van der Waals surface area contributed by atoms with Crippen molar-refractivity contribution in [2.45, 2.75) is 64.7 Å². The summed E-state index contributed by atoms with van der Waals surface area (Å²) >= 11 is 0. The van der Waals surface area contributed by atoms with E-state index in [4.69, 9.17) is 0 Å². The molecule has 0 aromatic rings. The van der Waals surface area contributed by atoms with Crippen LogP contribution in [-0.2, 0) is 4.79 Å². The monoisotopic (exact) mass is 222 g/mol. The normalized spacial score (nSPS) is 11.6. The Bertz CT molecular complexity index is 192.